The second kappa shape index (κ2) is 9.21. The minimum atomic E-state index is -0.422. The molecule has 30 heavy (non-hydrogen) atoms. The lowest BCUT2D eigenvalue weighted by atomic mass is 10.0. The van der Waals surface area contributed by atoms with Crippen molar-refractivity contribution in [3.05, 3.63) is 46.1 Å². The van der Waals surface area contributed by atoms with Gasteiger partial charge in [0.25, 0.3) is 0 Å². The molecule has 0 fully saturated rings. The fourth-order valence-corrected chi connectivity index (χ4v) is 3.60. The summed E-state index contributed by atoms with van der Waals surface area (Å²) in [5, 5.41) is 20.4. The summed E-state index contributed by atoms with van der Waals surface area (Å²) in [7, 11) is 0. The number of hydrogen-bond donors (Lipinski definition) is 2. The molecular formula is C22H28N6O2. The summed E-state index contributed by atoms with van der Waals surface area (Å²) in [6.45, 7) is 6.82. The van der Waals surface area contributed by atoms with Gasteiger partial charge >= 0.3 is 5.97 Å². The molecule has 2 N–H and O–H groups in total. The molecule has 0 atom stereocenters. The maximum Gasteiger partial charge on any atom is 0.359 e. The predicted molar refractivity (Wildman–Crippen MR) is 115 cm³/mol. The maximum atomic E-state index is 12.8. The fourth-order valence-electron chi connectivity index (χ4n) is 3.60. The molecule has 0 saturated carbocycles. The smallest absolute Gasteiger partial charge is 0.359 e. The van der Waals surface area contributed by atoms with Gasteiger partial charge in [-0.25, -0.2) is 4.79 Å². The molecule has 1 aliphatic heterocycles. The Labute approximate surface area is 175 Å². The van der Waals surface area contributed by atoms with E-state index in [4.69, 9.17) is 4.74 Å². The first-order chi connectivity index (χ1) is 14.7. The Bertz CT molecular complexity index is 1090. The fraction of sp³-hybridized carbons (Fsp3) is 0.455. The van der Waals surface area contributed by atoms with Crippen molar-refractivity contribution in [3.8, 4) is 0 Å². The lowest BCUT2D eigenvalue weighted by Gasteiger charge is -2.17. The number of nitrogens with zero attached hydrogens (tertiary/aromatic N) is 4. The first kappa shape index (κ1) is 20.3. The minimum absolute atomic E-state index is 0.282. The summed E-state index contributed by atoms with van der Waals surface area (Å²) >= 11 is 0. The van der Waals surface area contributed by atoms with Crippen molar-refractivity contribution >= 4 is 23.4 Å². The van der Waals surface area contributed by atoms with E-state index in [0.717, 1.165) is 44.3 Å². The van der Waals surface area contributed by atoms with Crippen LogP contribution in [0.25, 0.3) is 11.7 Å². The van der Waals surface area contributed by atoms with Gasteiger partial charge in [0.1, 0.15) is 0 Å². The van der Waals surface area contributed by atoms with E-state index in [2.05, 4.69) is 45.0 Å². The molecule has 0 spiro atoms. The molecule has 1 aromatic carbocycles. The molecule has 3 aromatic rings. The Kier molecular flexibility index (Phi) is 6.23. The Morgan fingerprint density at radius 1 is 1.33 bits per heavy atom. The number of rotatable bonds is 8. The summed E-state index contributed by atoms with van der Waals surface area (Å²) in [6.07, 6.45) is 5.91. The Morgan fingerprint density at radius 2 is 2.23 bits per heavy atom. The van der Waals surface area contributed by atoms with Crippen LogP contribution in [0.1, 0.15) is 60.5 Å². The van der Waals surface area contributed by atoms with Crippen LogP contribution in [0.4, 0.5) is 5.69 Å². The van der Waals surface area contributed by atoms with Crippen LogP contribution in [0, 0.1) is 0 Å². The predicted octanol–water partition coefficient (Wildman–Crippen LogP) is 2.10. The van der Waals surface area contributed by atoms with Crippen LogP contribution in [-0.4, -0.2) is 45.5 Å². The van der Waals surface area contributed by atoms with E-state index in [1.165, 1.54) is 11.3 Å². The number of carbonyl (C=O) groups excluding carboxylic acids is 1. The van der Waals surface area contributed by atoms with Crippen molar-refractivity contribution in [2.75, 3.05) is 25.0 Å². The molecule has 0 unspecified atom stereocenters. The van der Waals surface area contributed by atoms with Crippen LogP contribution in [0.3, 0.4) is 0 Å². The zero-order chi connectivity index (χ0) is 20.9. The van der Waals surface area contributed by atoms with Crippen molar-refractivity contribution in [1.29, 1.82) is 0 Å². The molecule has 0 radical (unpaired) electrons. The van der Waals surface area contributed by atoms with Gasteiger partial charge < -0.3 is 15.4 Å². The summed E-state index contributed by atoms with van der Waals surface area (Å²) in [5.74, 6) is 0.248. The number of carbonyl (C=O) groups is 1. The molecule has 0 saturated heterocycles. The maximum absolute atomic E-state index is 12.8. The topological polar surface area (TPSA) is 93.4 Å². The molecule has 4 rings (SSSR count). The first-order valence-corrected chi connectivity index (χ1v) is 10.7. The monoisotopic (exact) mass is 408 g/mol. The van der Waals surface area contributed by atoms with Crippen LogP contribution < -0.4 is 15.9 Å². The number of aromatic nitrogens is 4. The second-order valence-corrected chi connectivity index (χ2v) is 7.47. The molecule has 8 heteroatoms. The highest BCUT2D eigenvalue weighted by atomic mass is 16.5. The zero-order valence-corrected chi connectivity index (χ0v) is 17.6. The highest BCUT2D eigenvalue weighted by molar-refractivity contribution is 5.90. The average Bonchev–Trinajstić information content (AvgIpc) is 3.32. The van der Waals surface area contributed by atoms with Crippen LogP contribution in [-0.2, 0) is 17.7 Å². The number of fused-ring (bicyclic) bond motifs is 2. The third kappa shape index (κ3) is 4.14. The number of hydrogen-bond acceptors (Lipinski definition) is 7. The van der Waals surface area contributed by atoms with Gasteiger partial charge in [0.15, 0.2) is 17.2 Å². The second-order valence-electron chi connectivity index (χ2n) is 7.47. The van der Waals surface area contributed by atoms with Crippen molar-refractivity contribution in [1.82, 2.24) is 25.1 Å². The van der Waals surface area contributed by atoms with Gasteiger partial charge in [-0.1, -0.05) is 26.3 Å². The highest BCUT2D eigenvalue weighted by Crippen LogP contribution is 2.23. The van der Waals surface area contributed by atoms with Gasteiger partial charge in [-0.05, 0) is 55.1 Å². The Hall–Kier alpha value is -3.00. The number of unbranched alkanes of at least 4 members (excludes halogenated alkanes) is 1. The zero-order valence-electron chi connectivity index (χ0n) is 17.6. The van der Waals surface area contributed by atoms with E-state index in [0.29, 0.717) is 29.8 Å². The third-order valence-corrected chi connectivity index (χ3v) is 5.24. The summed E-state index contributed by atoms with van der Waals surface area (Å²) in [4.78, 5) is 12.8. The molecule has 1 aliphatic rings. The van der Waals surface area contributed by atoms with E-state index in [1.807, 2.05) is 19.1 Å². The van der Waals surface area contributed by atoms with Gasteiger partial charge in [-0.2, -0.15) is 9.61 Å². The Balaban J connectivity index is 1.77. The summed E-state index contributed by atoms with van der Waals surface area (Å²) in [5.41, 5.74) is 4.32. The SMILES string of the molecule is CCCCOC(=O)c1nn2c(CNCC)nnc2/c1=C\c1ccc2c(c1)CCCN2. The summed E-state index contributed by atoms with van der Waals surface area (Å²) in [6, 6.07) is 6.30. The number of ether oxygens (including phenoxy) is 1. The van der Waals surface area contributed by atoms with Crippen molar-refractivity contribution in [2.45, 2.75) is 46.1 Å². The summed E-state index contributed by atoms with van der Waals surface area (Å²) < 4.78 is 7.09. The highest BCUT2D eigenvalue weighted by Gasteiger charge is 2.20. The lowest BCUT2D eigenvalue weighted by Crippen LogP contribution is -2.18. The van der Waals surface area contributed by atoms with Gasteiger partial charge in [0.05, 0.1) is 18.4 Å². The molecule has 3 heterocycles. The Morgan fingerprint density at radius 3 is 3.07 bits per heavy atom. The number of aryl methyl sites for hydroxylation is 1. The first-order valence-electron chi connectivity index (χ1n) is 10.7. The van der Waals surface area contributed by atoms with Gasteiger partial charge in [0, 0.05) is 12.2 Å². The normalized spacial score (nSPS) is 14.0. The number of esters is 1. The van der Waals surface area contributed by atoms with Crippen LogP contribution in [0.15, 0.2) is 18.2 Å². The van der Waals surface area contributed by atoms with E-state index < -0.39 is 5.97 Å². The number of anilines is 1. The molecule has 0 bridgehead atoms. The molecule has 8 nitrogen and oxygen atoms in total. The number of nitrogens with one attached hydrogen (secondary N) is 2. The van der Waals surface area contributed by atoms with E-state index in [-0.39, 0.29) is 5.69 Å². The molecule has 2 aromatic heterocycles. The molecular weight excluding hydrogens is 380 g/mol. The van der Waals surface area contributed by atoms with Crippen molar-refractivity contribution < 1.29 is 9.53 Å². The van der Waals surface area contributed by atoms with Crippen LogP contribution >= 0.6 is 0 Å². The van der Waals surface area contributed by atoms with E-state index in [1.54, 1.807) is 4.52 Å². The lowest BCUT2D eigenvalue weighted by molar-refractivity contribution is 0.0491. The van der Waals surface area contributed by atoms with Gasteiger partial charge in [0.2, 0.25) is 0 Å². The average molecular weight is 409 g/mol. The van der Waals surface area contributed by atoms with Crippen LogP contribution in [0.2, 0.25) is 0 Å². The van der Waals surface area contributed by atoms with E-state index in [9.17, 15) is 4.79 Å². The quantitative estimate of drug-likeness (QED) is 0.435. The largest absolute Gasteiger partial charge is 0.461 e. The minimum Gasteiger partial charge on any atom is -0.461 e. The van der Waals surface area contributed by atoms with Gasteiger partial charge in [-0.15, -0.1) is 10.2 Å². The van der Waals surface area contributed by atoms with Crippen molar-refractivity contribution in [2.24, 2.45) is 0 Å². The molecule has 0 aliphatic carbocycles. The standard InChI is InChI=1S/C22H28N6O2/c1-3-5-11-30-22(29)20-17(21-26-25-19(14-23-4-2)28(21)27-20)13-15-8-9-18-16(12-15)7-6-10-24-18/h8-9,12-13,23-24H,3-7,10-11,14H2,1-2H3/b17-13-. The molecule has 0 amide bonds. The van der Waals surface area contributed by atoms with Crippen LogP contribution in [0.5, 0.6) is 0 Å². The molecule has 158 valence electrons. The number of benzene rings is 1. The van der Waals surface area contributed by atoms with E-state index >= 15 is 0 Å². The third-order valence-electron chi connectivity index (χ3n) is 5.24. The van der Waals surface area contributed by atoms with Crippen molar-refractivity contribution in [3.63, 3.8) is 0 Å². The van der Waals surface area contributed by atoms with Gasteiger partial charge in [-0.3, -0.25) is 0 Å².